The van der Waals surface area contributed by atoms with Gasteiger partial charge in [-0.15, -0.1) is 6.42 Å². The van der Waals surface area contributed by atoms with Crippen LogP contribution in [0.15, 0.2) is 0 Å². The number of terminal acetylenes is 1. The van der Waals surface area contributed by atoms with Crippen LogP contribution in [0.1, 0.15) is 40.5 Å². The average Bonchev–Trinajstić information content (AvgIpc) is 2.53. The van der Waals surface area contributed by atoms with E-state index in [1.54, 1.807) is 0 Å². The molecule has 0 radical (unpaired) electrons. The first kappa shape index (κ1) is 20.8. The van der Waals surface area contributed by atoms with Crippen LogP contribution < -0.4 is 5.32 Å². The molecule has 0 spiro atoms. The molecule has 1 fully saturated rings. The minimum absolute atomic E-state index is 0.0719. The van der Waals surface area contributed by atoms with Crippen LogP contribution >= 0.6 is 0 Å². The van der Waals surface area contributed by atoms with Crippen LogP contribution in [0.25, 0.3) is 0 Å². The lowest BCUT2D eigenvalue weighted by atomic mass is 9.79. The largest absolute Gasteiger partial charge is 0.342 e. The quantitative estimate of drug-likeness (QED) is 0.702. The Balaban J connectivity index is 2.60. The van der Waals surface area contributed by atoms with Gasteiger partial charge < -0.3 is 10.5 Å². The van der Waals surface area contributed by atoms with Gasteiger partial charge in [-0.3, -0.25) is 4.79 Å². The summed E-state index contributed by atoms with van der Waals surface area (Å²) in [6.07, 6.45) is 6.18. The minimum Gasteiger partial charge on any atom is -0.342 e. The van der Waals surface area contributed by atoms with E-state index in [-0.39, 0.29) is 6.04 Å². The summed E-state index contributed by atoms with van der Waals surface area (Å²) < 4.78 is 0. The lowest BCUT2D eigenvalue weighted by Gasteiger charge is -2.51. The van der Waals surface area contributed by atoms with Gasteiger partial charge in [0.25, 0.3) is 5.91 Å². The number of piperidine rings is 1. The number of rotatable bonds is 1. The Labute approximate surface area is 156 Å². The normalized spacial score (nSPS) is 16.8. The molecule has 0 aromatic heterocycles. The molecule has 4 nitrogen and oxygen atoms in total. The van der Waals surface area contributed by atoms with Gasteiger partial charge in [-0.1, -0.05) is 0 Å². The van der Waals surface area contributed by atoms with Gasteiger partial charge in [0.15, 0.2) is 0 Å². The smallest absolute Gasteiger partial charge is 0.297 e. The van der Waals surface area contributed by atoms with Crippen molar-refractivity contribution >= 4 is 5.91 Å². The maximum absolute atomic E-state index is 11.9. The third-order valence-electron chi connectivity index (χ3n) is 3.72. The highest BCUT2D eigenvalue weighted by molar-refractivity contribution is 5.94. The highest BCUT2D eigenvalue weighted by atomic mass is 16.5. The lowest BCUT2D eigenvalue weighted by molar-refractivity contribution is -0.245. The van der Waals surface area contributed by atoms with Crippen molar-refractivity contribution in [2.75, 3.05) is 0 Å². The molecular formula is C22H20N2O2. The number of carbonyl (C=O) groups is 1. The second-order valence-corrected chi connectivity index (χ2v) is 6.91. The van der Waals surface area contributed by atoms with Gasteiger partial charge in [0.1, 0.15) is 0 Å². The number of hydroxylamine groups is 2. The monoisotopic (exact) mass is 344 g/mol. The maximum Gasteiger partial charge on any atom is 0.297 e. The van der Waals surface area contributed by atoms with Gasteiger partial charge in [0.2, 0.25) is 0 Å². The van der Waals surface area contributed by atoms with E-state index < -0.39 is 17.0 Å². The second kappa shape index (κ2) is 9.29. The summed E-state index contributed by atoms with van der Waals surface area (Å²) in [5.41, 5.74) is -0.873. The molecule has 26 heavy (non-hydrogen) atoms. The molecule has 1 rings (SSSR count). The molecule has 0 bridgehead atoms. The summed E-state index contributed by atoms with van der Waals surface area (Å²) in [5, 5.41) is 14.5. The number of amides is 1. The SMILES string of the molecule is C#CC#CC#CC#CC#CC#CC(=O)NC1CC(C)(C)N(O)C(C)(C)C1. The van der Waals surface area contributed by atoms with Crippen LogP contribution in [0, 0.1) is 71.5 Å². The first-order valence-corrected chi connectivity index (χ1v) is 7.95. The van der Waals surface area contributed by atoms with Crippen LogP contribution in [0.3, 0.4) is 0 Å². The van der Waals surface area contributed by atoms with Crippen molar-refractivity contribution in [2.24, 2.45) is 0 Å². The van der Waals surface area contributed by atoms with E-state index >= 15 is 0 Å². The van der Waals surface area contributed by atoms with Gasteiger partial charge in [0, 0.05) is 23.0 Å². The van der Waals surface area contributed by atoms with Gasteiger partial charge in [-0.25, -0.2) is 0 Å². The molecular weight excluding hydrogens is 324 g/mol. The molecule has 0 unspecified atom stereocenters. The van der Waals surface area contributed by atoms with Gasteiger partial charge >= 0.3 is 0 Å². The summed E-state index contributed by atoms with van der Waals surface area (Å²) in [6, 6.07) is -0.0719. The molecule has 1 aliphatic rings. The standard InChI is InChI=1S/C22H20N2O2/c1-6-7-8-9-10-11-12-13-14-15-16-20(25)23-19-17-21(2,3)24(26)22(4,5)18-19/h1,19,26H,17-18H2,2-5H3,(H,23,25). The fourth-order valence-corrected chi connectivity index (χ4v) is 2.94. The van der Waals surface area contributed by atoms with Crippen LogP contribution in [-0.2, 0) is 4.79 Å². The Kier molecular flexibility index (Phi) is 7.43. The summed E-state index contributed by atoms with van der Waals surface area (Å²) in [5.74, 6) is 26.1. The molecule has 0 aromatic rings. The van der Waals surface area contributed by atoms with Crippen molar-refractivity contribution in [3.05, 3.63) is 0 Å². The Morgan fingerprint density at radius 1 is 0.923 bits per heavy atom. The summed E-state index contributed by atoms with van der Waals surface area (Å²) in [4.78, 5) is 11.9. The van der Waals surface area contributed by atoms with Crippen LogP contribution in [0.2, 0.25) is 0 Å². The van der Waals surface area contributed by atoms with Gasteiger partial charge in [0.05, 0.1) is 0 Å². The molecule has 0 atom stereocenters. The molecule has 1 heterocycles. The molecule has 2 N–H and O–H groups in total. The van der Waals surface area contributed by atoms with Crippen molar-refractivity contribution in [3.63, 3.8) is 0 Å². The van der Waals surface area contributed by atoms with Crippen LogP contribution in [0.5, 0.6) is 0 Å². The molecule has 4 heteroatoms. The van der Waals surface area contributed by atoms with E-state index in [1.165, 1.54) is 5.06 Å². The van der Waals surface area contributed by atoms with E-state index in [0.717, 1.165) is 0 Å². The Morgan fingerprint density at radius 2 is 1.35 bits per heavy atom. The van der Waals surface area contributed by atoms with Crippen molar-refractivity contribution < 1.29 is 10.0 Å². The third-order valence-corrected chi connectivity index (χ3v) is 3.72. The fraction of sp³-hybridized carbons (Fsp3) is 0.409. The first-order valence-electron chi connectivity index (χ1n) is 7.95. The molecule has 1 aliphatic heterocycles. The third kappa shape index (κ3) is 6.70. The number of carbonyl (C=O) groups excluding carboxylic acids is 1. The van der Waals surface area contributed by atoms with E-state index in [0.29, 0.717) is 12.8 Å². The summed E-state index contributed by atoms with van der Waals surface area (Å²) in [6.45, 7) is 7.74. The molecule has 1 saturated heterocycles. The molecule has 0 aliphatic carbocycles. The summed E-state index contributed by atoms with van der Waals surface area (Å²) >= 11 is 0. The maximum atomic E-state index is 11.9. The predicted octanol–water partition coefficient (Wildman–Crippen LogP) is 1.16. The minimum atomic E-state index is -0.436. The fourth-order valence-electron chi connectivity index (χ4n) is 2.94. The Hall–Kier alpha value is -3.25. The van der Waals surface area contributed by atoms with E-state index in [9.17, 15) is 10.0 Å². The van der Waals surface area contributed by atoms with Gasteiger partial charge in [-0.2, -0.15) is 5.06 Å². The average molecular weight is 344 g/mol. The number of nitrogens with zero attached hydrogens (tertiary/aromatic N) is 1. The Morgan fingerprint density at radius 3 is 1.81 bits per heavy atom. The zero-order valence-electron chi connectivity index (χ0n) is 15.4. The van der Waals surface area contributed by atoms with Crippen LogP contribution in [0.4, 0.5) is 0 Å². The molecule has 0 aromatic carbocycles. The predicted molar refractivity (Wildman–Crippen MR) is 101 cm³/mol. The number of hydrogen-bond donors (Lipinski definition) is 2. The zero-order valence-corrected chi connectivity index (χ0v) is 15.4. The Bertz CT molecular complexity index is 890. The van der Waals surface area contributed by atoms with Crippen molar-refractivity contribution in [3.8, 4) is 71.5 Å². The van der Waals surface area contributed by atoms with Crippen molar-refractivity contribution in [1.29, 1.82) is 0 Å². The molecule has 130 valence electrons. The van der Waals surface area contributed by atoms with E-state index in [1.807, 2.05) is 27.7 Å². The van der Waals surface area contributed by atoms with Crippen molar-refractivity contribution in [2.45, 2.75) is 57.7 Å². The summed E-state index contributed by atoms with van der Waals surface area (Å²) in [7, 11) is 0. The van der Waals surface area contributed by atoms with E-state index in [4.69, 9.17) is 6.42 Å². The highest BCUT2D eigenvalue weighted by Gasteiger charge is 2.45. The topological polar surface area (TPSA) is 52.6 Å². The van der Waals surface area contributed by atoms with Crippen molar-refractivity contribution in [1.82, 2.24) is 10.4 Å². The lowest BCUT2D eigenvalue weighted by Crippen LogP contribution is -2.62. The zero-order chi connectivity index (χ0) is 19.6. The first-order chi connectivity index (χ1) is 12.2. The van der Waals surface area contributed by atoms with Crippen LogP contribution in [-0.4, -0.2) is 33.3 Å². The molecule has 1 amide bonds. The van der Waals surface area contributed by atoms with Gasteiger partial charge in [-0.05, 0) is 99.7 Å². The molecule has 0 saturated carbocycles. The number of hydrogen-bond acceptors (Lipinski definition) is 3. The van der Waals surface area contributed by atoms with E-state index in [2.05, 4.69) is 70.4 Å². The second-order valence-electron chi connectivity index (χ2n) is 6.91. The highest BCUT2D eigenvalue weighted by Crippen LogP contribution is 2.36. The number of nitrogens with one attached hydrogen (secondary N) is 1.